The number of aryl methyl sites for hydroxylation is 1. The maximum absolute atomic E-state index is 4.42. The maximum atomic E-state index is 4.42. The lowest BCUT2D eigenvalue weighted by atomic mass is 10.1. The number of nitrogens with zero attached hydrogens (tertiary/aromatic N) is 3. The number of rotatable bonds is 3. The third kappa shape index (κ3) is 1.87. The van der Waals surface area contributed by atoms with Crippen LogP contribution >= 0.6 is 11.3 Å². The Morgan fingerprint density at radius 1 is 1.50 bits per heavy atom. The van der Waals surface area contributed by atoms with Crippen molar-refractivity contribution in [3.05, 3.63) is 22.8 Å². The normalized spacial score (nSPS) is 18.9. The van der Waals surface area contributed by atoms with Gasteiger partial charge >= 0.3 is 0 Å². The molecule has 4 nitrogen and oxygen atoms in total. The first-order chi connectivity index (χ1) is 8.81. The fourth-order valence-corrected chi connectivity index (χ4v) is 3.44. The fraction of sp³-hybridized carbons (Fsp3) is 0.538. The summed E-state index contributed by atoms with van der Waals surface area (Å²) in [6.45, 7) is 6.32. The molecule has 0 amide bonds. The molecule has 96 valence electrons. The summed E-state index contributed by atoms with van der Waals surface area (Å²) < 4.78 is 2.29. The first-order valence-electron chi connectivity index (χ1n) is 6.52. The number of fused-ring (bicyclic) bond motifs is 1. The maximum Gasteiger partial charge on any atom is 0.174 e. The van der Waals surface area contributed by atoms with Crippen molar-refractivity contribution in [3.8, 4) is 10.7 Å². The third-order valence-electron chi connectivity index (χ3n) is 3.46. The van der Waals surface area contributed by atoms with Crippen molar-refractivity contribution in [2.45, 2.75) is 39.3 Å². The molecule has 0 aliphatic carbocycles. The van der Waals surface area contributed by atoms with E-state index in [1.807, 2.05) is 0 Å². The van der Waals surface area contributed by atoms with Gasteiger partial charge < -0.3 is 9.88 Å². The van der Waals surface area contributed by atoms with Gasteiger partial charge in [0.2, 0.25) is 0 Å². The van der Waals surface area contributed by atoms with Crippen molar-refractivity contribution in [3.63, 3.8) is 0 Å². The highest BCUT2D eigenvalue weighted by Gasteiger charge is 2.25. The van der Waals surface area contributed by atoms with E-state index in [1.54, 1.807) is 11.3 Å². The Morgan fingerprint density at radius 2 is 2.39 bits per heavy atom. The van der Waals surface area contributed by atoms with Gasteiger partial charge in [0.05, 0.1) is 10.9 Å². The monoisotopic (exact) mass is 262 g/mol. The highest BCUT2D eigenvalue weighted by atomic mass is 32.1. The Morgan fingerprint density at radius 3 is 3.11 bits per heavy atom. The second-order valence-corrected chi connectivity index (χ2v) is 5.68. The number of hydrogen-bond acceptors (Lipinski definition) is 4. The fourth-order valence-electron chi connectivity index (χ4n) is 2.52. The lowest BCUT2D eigenvalue weighted by Gasteiger charge is -2.24. The van der Waals surface area contributed by atoms with Gasteiger partial charge in [-0.05, 0) is 30.4 Å². The molecule has 0 bridgehead atoms. The average molecular weight is 262 g/mol. The summed E-state index contributed by atoms with van der Waals surface area (Å²) >= 11 is 1.75. The van der Waals surface area contributed by atoms with E-state index in [-0.39, 0.29) is 0 Å². The summed E-state index contributed by atoms with van der Waals surface area (Å²) in [6, 6.07) is 2.51. The molecule has 3 rings (SSSR count). The lowest BCUT2D eigenvalue weighted by Crippen LogP contribution is -2.33. The molecule has 3 heterocycles. The van der Waals surface area contributed by atoms with Crippen molar-refractivity contribution in [2.24, 2.45) is 0 Å². The van der Waals surface area contributed by atoms with Crippen LogP contribution in [0.25, 0.3) is 10.7 Å². The van der Waals surface area contributed by atoms with E-state index in [1.165, 1.54) is 10.4 Å². The highest BCUT2D eigenvalue weighted by Crippen LogP contribution is 2.31. The van der Waals surface area contributed by atoms with Gasteiger partial charge in [-0.1, -0.05) is 13.3 Å². The molecule has 1 aliphatic heterocycles. The standard InChI is InChI=1S/C13H18N4S/c1-3-4-10-12-15-16-13(17(12)7-6-14-10)11-9(2)5-8-18-11/h5,8,10,14H,3-4,6-7H2,1-2H3. The summed E-state index contributed by atoms with van der Waals surface area (Å²) in [5.74, 6) is 2.14. The van der Waals surface area contributed by atoms with Crippen LogP contribution in [0.1, 0.15) is 37.2 Å². The zero-order valence-electron chi connectivity index (χ0n) is 10.8. The Hall–Kier alpha value is -1.20. The van der Waals surface area contributed by atoms with Crippen molar-refractivity contribution in [1.29, 1.82) is 0 Å². The topological polar surface area (TPSA) is 42.7 Å². The van der Waals surface area contributed by atoms with Crippen molar-refractivity contribution in [1.82, 2.24) is 20.1 Å². The van der Waals surface area contributed by atoms with Gasteiger partial charge in [-0.25, -0.2) is 0 Å². The molecule has 0 spiro atoms. The van der Waals surface area contributed by atoms with Crippen molar-refractivity contribution < 1.29 is 0 Å². The van der Waals surface area contributed by atoms with Gasteiger partial charge in [-0.2, -0.15) is 0 Å². The number of hydrogen-bond donors (Lipinski definition) is 1. The van der Waals surface area contributed by atoms with Crippen LogP contribution in [-0.4, -0.2) is 21.3 Å². The van der Waals surface area contributed by atoms with Crippen LogP contribution in [0.2, 0.25) is 0 Å². The quantitative estimate of drug-likeness (QED) is 0.925. The molecule has 0 aromatic carbocycles. The second kappa shape index (κ2) is 4.82. The predicted molar refractivity (Wildman–Crippen MR) is 73.7 cm³/mol. The molecule has 0 saturated carbocycles. The summed E-state index contributed by atoms with van der Waals surface area (Å²) in [6.07, 6.45) is 2.29. The Kier molecular flexibility index (Phi) is 3.18. The largest absolute Gasteiger partial charge is 0.308 e. The van der Waals surface area contributed by atoms with E-state index in [2.05, 4.69) is 45.4 Å². The molecule has 0 saturated heterocycles. The van der Waals surface area contributed by atoms with E-state index < -0.39 is 0 Å². The lowest BCUT2D eigenvalue weighted by molar-refractivity contribution is 0.394. The molecule has 5 heteroatoms. The van der Waals surface area contributed by atoms with Crippen LogP contribution in [0.4, 0.5) is 0 Å². The van der Waals surface area contributed by atoms with Gasteiger partial charge in [0.25, 0.3) is 0 Å². The van der Waals surface area contributed by atoms with Crippen LogP contribution in [0.15, 0.2) is 11.4 Å². The van der Waals surface area contributed by atoms with Gasteiger partial charge in [0.15, 0.2) is 11.6 Å². The smallest absolute Gasteiger partial charge is 0.174 e. The Labute approximate surface area is 111 Å². The number of nitrogens with one attached hydrogen (secondary N) is 1. The third-order valence-corrected chi connectivity index (χ3v) is 4.47. The van der Waals surface area contributed by atoms with E-state index >= 15 is 0 Å². The molecule has 1 unspecified atom stereocenters. The zero-order valence-corrected chi connectivity index (χ0v) is 11.6. The minimum absolute atomic E-state index is 0.366. The van der Waals surface area contributed by atoms with Gasteiger partial charge in [0, 0.05) is 13.1 Å². The van der Waals surface area contributed by atoms with Crippen molar-refractivity contribution >= 4 is 11.3 Å². The minimum Gasteiger partial charge on any atom is -0.308 e. The zero-order chi connectivity index (χ0) is 12.5. The van der Waals surface area contributed by atoms with E-state index in [9.17, 15) is 0 Å². The van der Waals surface area contributed by atoms with E-state index in [0.717, 1.165) is 37.6 Å². The summed E-state index contributed by atoms with van der Waals surface area (Å²) in [5, 5.41) is 14.5. The minimum atomic E-state index is 0.366. The van der Waals surface area contributed by atoms with Crippen LogP contribution in [0.5, 0.6) is 0 Å². The molecule has 18 heavy (non-hydrogen) atoms. The number of aromatic nitrogens is 3. The number of thiophene rings is 1. The molecule has 1 atom stereocenters. The van der Waals surface area contributed by atoms with E-state index in [4.69, 9.17) is 0 Å². The van der Waals surface area contributed by atoms with Crippen LogP contribution < -0.4 is 5.32 Å². The molecule has 2 aromatic heterocycles. The molecule has 0 radical (unpaired) electrons. The Bertz CT molecular complexity index is 543. The first-order valence-corrected chi connectivity index (χ1v) is 7.40. The van der Waals surface area contributed by atoms with Gasteiger partial charge in [-0.3, -0.25) is 0 Å². The second-order valence-electron chi connectivity index (χ2n) is 4.76. The molecule has 1 N–H and O–H groups in total. The highest BCUT2D eigenvalue weighted by molar-refractivity contribution is 7.13. The summed E-state index contributed by atoms with van der Waals surface area (Å²) in [5.41, 5.74) is 1.29. The summed E-state index contributed by atoms with van der Waals surface area (Å²) in [4.78, 5) is 1.26. The predicted octanol–water partition coefficient (Wildman–Crippen LogP) is 2.76. The van der Waals surface area contributed by atoms with Crippen LogP contribution in [-0.2, 0) is 6.54 Å². The molecular weight excluding hydrogens is 244 g/mol. The molecule has 1 aliphatic rings. The average Bonchev–Trinajstić information content (AvgIpc) is 2.96. The van der Waals surface area contributed by atoms with Gasteiger partial charge in [0.1, 0.15) is 0 Å². The molecule has 0 fully saturated rings. The Balaban J connectivity index is 2.02. The SMILES string of the molecule is CCCC1NCCn2c(-c3sccc3C)nnc21. The first kappa shape index (κ1) is 11.9. The summed E-state index contributed by atoms with van der Waals surface area (Å²) in [7, 11) is 0. The van der Waals surface area contributed by atoms with Crippen LogP contribution in [0, 0.1) is 6.92 Å². The van der Waals surface area contributed by atoms with Crippen molar-refractivity contribution in [2.75, 3.05) is 6.54 Å². The van der Waals surface area contributed by atoms with Crippen LogP contribution in [0.3, 0.4) is 0 Å². The molecule has 2 aromatic rings. The van der Waals surface area contributed by atoms with E-state index in [0.29, 0.717) is 6.04 Å². The molecular formula is C13H18N4S. The van der Waals surface area contributed by atoms with Gasteiger partial charge in [-0.15, -0.1) is 21.5 Å².